The van der Waals surface area contributed by atoms with E-state index in [1.807, 2.05) is 12.1 Å². The van der Waals surface area contributed by atoms with Crippen molar-refractivity contribution in [2.75, 3.05) is 44.7 Å². The predicted molar refractivity (Wildman–Crippen MR) is 68.5 cm³/mol. The van der Waals surface area contributed by atoms with E-state index in [1.165, 1.54) is 0 Å². The lowest BCUT2D eigenvalue weighted by molar-refractivity contribution is 0.0388. The van der Waals surface area contributed by atoms with Crippen LogP contribution in [0.3, 0.4) is 0 Å². The van der Waals surface area contributed by atoms with Crippen LogP contribution in [-0.4, -0.2) is 55.3 Å². The maximum absolute atomic E-state index is 11.5. The van der Waals surface area contributed by atoms with Gasteiger partial charge >= 0.3 is 6.03 Å². The SMILES string of the molecule is O=C(NCCN1CCOCC1)Nc1ccccn1. The molecule has 18 heavy (non-hydrogen) atoms. The van der Waals surface area contributed by atoms with Crippen molar-refractivity contribution in [1.82, 2.24) is 15.2 Å². The van der Waals surface area contributed by atoms with E-state index in [0.29, 0.717) is 12.4 Å². The van der Waals surface area contributed by atoms with Crippen molar-refractivity contribution in [3.05, 3.63) is 24.4 Å². The van der Waals surface area contributed by atoms with Crippen LogP contribution in [0.15, 0.2) is 24.4 Å². The number of aromatic nitrogens is 1. The van der Waals surface area contributed by atoms with E-state index in [-0.39, 0.29) is 6.03 Å². The van der Waals surface area contributed by atoms with Gasteiger partial charge in [-0.3, -0.25) is 10.2 Å². The molecule has 0 saturated carbocycles. The molecule has 98 valence electrons. The molecule has 1 aromatic heterocycles. The fourth-order valence-corrected chi connectivity index (χ4v) is 1.75. The van der Waals surface area contributed by atoms with Gasteiger partial charge in [0.1, 0.15) is 5.82 Å². The summed E-state index contributed by atoms with van der Waals surface area (Å²) < 4.78 is 5.26. The number of amides is 2. The number of carbonyl (C=O) groups excluding carboxylic acids is 1. The van der Waals surface area contributed by atoms with E-state index in [0.717, 1.165) is 32.8 Å². The summed E-state index contributed by atoms with van der Waals surface area (Å²) in [6.45, 7) is 4.89. The standard InChI is InChI=1S/C12H18N4O2/c17-12(15-11-3-1-2-4-13-11)14-5-6-16-7-9-18-10-8-16/h1-4H,5-10H2,(H2,13,14,15,17). The van der Waals surface area contributed by atoms with Crippen molar-refractivity contribution in [2.24, 2.45) is 0 Å². The molecule has 6 nitrogen and oxygen atoms in total. The molecular weight excluding hydrogens is 232 g/mol. The monoisotopic (exact) mass is 250 g/mol. The van der Waals surface area contributed by atoms with Gasteiger partial charge < -0.3 is 10.1 Å². The molecule has 0 unspecified atom stereocenters. The molecule has 1 aliphatic heterocycles. The first-order chi connectivity index (χ1) is 8.84. The Balaban J connectivity index is 1.62. The number of anilines is 1. The summed E-state index contributed by atoms with van der Waals surface area (Å²) in [7, 11) is 0. The van der Waals surface area contributed by atoms with Gasteiger partial charge in [-0.25, -0.2) is 9.78 Å². The van der Waals surface area contributed by atoms with Crippen LogP contribution in [0.1, 0.15) is 0 Å². The third-order valence-corrected chi connectivity index (χ3v) is 2.72. The predicted octanol–water partition coefficient (Wildman–Crippen LogP) is 0.535. The highest BCUT2D eigenvalue weighted by Crippen LogP contribution is 1.99. The van der Waals surface area contributed by atoms with Crippen LogP contribution >= 0.6 is 0 Å². The zero-order valence-electron chi connectivity index (χ0n) is 10.3. The van der Waals surface area contributed by atoms with Crippen molar-refractivity contribution in [2.45, 2.75) is 0 Å². The van der Waals surface area contributed by atoms with Gasteiger partial charge in [0, 0.05) is 32.4 Å². The minimum Gasteiger partial charge on any atom is -0.379 e. The van der Waals surface area contributed by atoms with Crippen LogP contribution < -0.4 is 10.6 Å². The molecule has 2 heterocycles. The van der Waals surface area contributed by atoms with Crippen molar-refractivity contribution in [1.29, 1.82) is 0 Å². The molecule has 6 heteroatoms. The molecule has 0 atom stereocenters. The lowest BCUT2D eigenvalue weighted by atomic mass is 10.4. The van der Waals surface area contributed by atoms with Gasteiger partial charge in [0.25, 0.3) is 0 Å². The number of carbonyl (C=O) groups is 1. The largest absolute Gasteiger partial charge is 0.379 e. The second-order valence-electron chi connectivity index (χ2n) is 4.05. The number of hydrogen-bond acceptors (Lipinski definition) is 4. The number of pyridine rings is 1. The molecule has 0 aliphatic carbocycles. The molecule has 0 bridgehead atoms. The molecule has 2 rings (SSSR count). The fraction of sp³-hybridized carbons (Fsp3) is 0.500. The summed E-state index contributed by atoms with van der Waals surface area (Å²) >= 11 is 0. The topological polar surface area (TPSA) is 66.5 Å². The number of ether oxygens (including phenoxy) is 1. The molecular formula is C12H18N4O2. The molecule has 1 aliphatic rings. The molecule has 1 aromatic rings. The van der Waals surface area contributed by atoms with Gasteiger partial charge in [0.05, 0.1) is 13.2 Å². The molecule has 2 amide bonds. The molecule has 1 saturated heterocycles. The van der Waals surface area contributed by atoms with Gasteiger partial charge in [-0.2, -0.15) is 0 Å². The van der Waals surface area contributed by atoms with Crippen LogP contribution in [-0.2, 0) is 4.74 Å². The first-order valence-corrected chi connectivity index (χ1v) is 6.10. The lowest BCUT2D eigenvalue weighted by Crippen LogP contribution is -2.42. The zero-order valence-corrected chi connectivity index (χ0v) is 10.3. The second kappa shape index (κ2) is 6.93. The number of rotatable bonds is 4. The van der Waals surface area contributed by atoms with Crippen LogP contribution in [0.25, 0.3) is 0 Å². The Kier molecular flexibility index (Phi) is 4.92. The van der Waals surface area contributed by atoms with Crippen LogP contribution in [0.4, 0.5) is 10.6 Å². The average molecular weight is 250 g/mol. The normalized spacial score (nSPS) is 16.2. The Morgan fingerprint density at radius 1 is 1.39 bits per heavy atom. The summed E-state index contributed by atoms with van der Waals surface area (Å²) in [5.74, 6) is 0.557. The van der Waals surface area contributed by atoms with Gasteiger partial charge in [-0.1, -0.05) is 6.07 Å². The van der Waals surface area contributed by atoms with E-state index in [1.54, 1.807) is 12.3 Å². The first kappa shape index (κ1) is 12.8. The summed E-state index contributed by atoms with van der Waals surface area (Å²) in [6, 6.07) is 5.17. The van der Waals surface area contributed by atoms with Crippen molar-refractivity contribution < 1.29 is 9.53 Å². The van der Waals surface area contributed by atoms with Crippen LogP contribution in [0.2, 0.25) is 0 Å². The smallest absolute Gasteiger partial charge is 0.320 e. The van der Waals surface area contributed by atoms with Crippen LogP contribution in [0.5, 0.6) is 0 Å². The number of hydrogen-bond donors (Lipinski definition) is 2. The van der Waals surface area contributed by atoms with E-state index in [4.69, 9.17) is 4.74 Å². The molecule has 2 N–H and O–H groups in total. The second-order valence-corrected chi connectivity index (χ2v) is 4.05. The fourth-order valence-electron chi connectivity index (χ4n) is 1.75. The summed E-state index contributed by atoms with van der Waals surface area (Å²) in [5.41, 5.74) is 0. The van der Waals surface area contributed by atoms with Gasteiger partial charge in [0.2, 0.25) is 0 Å². The maximum atomic E-state index is 11.5. The number of urea groups is 1. The van der Waals surface area contributed by atoms with Crippen molar-refractivity contribution >= 4 is 11.8 Å². The highest BCUT2D eigenvalue weighted by molar-refractivity contribution is 5.88. The average Bonchev–Trinajstić information content (AvgIpc) is 2.41. The van der Waals surface area contributed by atoms with Crippen molar-refractivity contribution in [3.63, 3.8) is 0 Å². The molecule has 0 radical (unpaired) electrons. The Hall–Kier alpha value is -1.66. The third-order valence-electron chi connectivity index (χ3n) is 2.72. The summed E-state index contributed by atoms with van der Waals surface area (Å²) in [5, 5.41) is 5.48. The van der Waals surface area contributed by atoms with Gasteiger partial charge in [-0.05, 0) is 12.1 Å². The summed E-state index contributed by atoms with van der Waals surface area (Å²) in [6.07, 6.45) is 1.64. The molecule has 0 spiro atoms. The quantitative estimate of drug-likeness (QED) is 0.818. The van der Waals surface area contributed by atoms with Gasteiger partial charge in [0.15, 0.2) is 0 Å². The highest BCUT2D eigenvalue weighted by atomic mass is 16.5. The minimum absolute atomic E-state index is 0.220. The number of nitrogens with one attached hydrogen (secondary N) is 2. The Labute approximate surface area is 106 Å². The van der Waals surface area contributed by atoms with E-state index in [9.17, 15) is 4.79 Å². The van der Waals surface area contributed by atoms with E-state index < -0.39 is 0 Å². The van der Waals surface area contributed by atoms with Crippen LogP contribution in [0, 0.1) is 0 Å². The van der Waals surface area contributed by atoms with E-state index >= 15 is 0 Å². The van der Waals surface area contributed by atoms with E-state index in [2.05, 4.69) is 20.5 Å². The Morgan fingerprint density at radius 3 is 2.94 bits per heavy atom. The highest BCUT2D eigenvalue weighted by Gasteiger charge is 2.10. The third kappa shape index (κ3) is 4.31. The zero-order chi connectivity index (χ0) is 12.6. The molecule has 0 aromatic carbocycles. The lowest BCUT2D eigenvalue weighted by Gasteiger charge is -2.26. The molecule has 1 fully saturated rings. The Morgan fingerprint density at radius 2 is 2.22 bits per heavy atom. The Bertz CT molecular complexity index is 366. The number of nitrogens with zero attached hydrogens (tertiary/aromatic N) is 2. The minimum atomic E-state index is -0.220. The summed E-state index contributed by atoms with van der Waals surface area (Å²) in [4.78, 5) is 17.8. The van der Waals surface area contributed by atoms with Crippen molar-refractivity contribution in [3.8, 4) is 0 Å². The first-order valence-electron chi connectivity index (χ1n) is 6.10. The maximum Gasteiger partial charge on any atom is 0.320 e. The number of morpholine rings is 1. The van der Waals surface area contributed by atoms with Gasteiger partial charge in [-0.15, -0.1) is 0 Å².